The monoisotopic (exact) mass is 521 g/mol. The van der Waals surface area contributed by atoms with E-state index in [9.17, 15) is 19.5 Å². The average Bonchev–Trinajstić information content (AvgIpc) is 2.87. The van der Waals surface area contributed by atoms with Gasteiger partial charge in [-0.3, -0.25) is 19.7 Å². The van der Waals surface area contributed by atoms with Gasteiger partial charge in [0.25, 0.3) is 0 Å². The van der Waals surface area contributed by atoms with Crippen molar-refractivity contribution in [2.75, 3.05) is 6.54 Å². The molecule has 37 heavy (non-hydrogen) atoms. The number of hydrogen-bond acceptors (Lipinski definition) is 7. The van der Waals surface area contributed by atoms with E-state index < -0.39 is 6.10 Å². The molecular formula is C29H51N3O5. The average molecular weight is 522 g/mol. The molecule has 3 N–H and O–H groups in total. The van der Waals surface area contributed by atoms with Crippen LogP contribution < -0.4 is 10.6 Å². The highest BCUT2D eigenvalue weighted by atomic mass is 16.3. The van der Waals surface area contributed by atoms with Gasteiger partial charge in [0.2, 0.25) is 12.3 Å². The Morgan fingerprint density at radius 1 is 1.32 bits per heavy atom. The van der Waals surface area contributed by atoms with Gasteiger partial charge in [-0.2, -0.15) is 5.26 Å². The van der Waals surface area contributed by atoms with E-state index in [1.165, 1.54) is 0 Å². The topological polar surface area (TPSA) is 136 Å². The molecule has 1 rings (SSSR count). The molecule has 4 atom stereocenters. The molecule has 0 aromatic heterocycles. The van der Waals surface area contributed by atoms with Crippen molar-refractivity contribution in [3.05, 3.63) is 11.8 Å². The number of Topliss-reactive ketones (excluding diaryl/α,β-unsaturated/α-hetero) is 1. The van der Waals surface area contributed by atoms with Gasteiger partial charge in [-0.1, -0.05) is 41.2 Å². The van der Waals surface area contributed by atoms with Gasteiger partial charge in [0.15, 0.2) is 0 Å². The zero-order valence-corrected chi connectivity index (χ0v) is 22.8. The minimum atomic E-state index is -0.734. The molecule has 8 heteroatoms. The number of terminal acetylenes is 1. The number of nitrogens with one attached hydrogen (secondary N) is 2. The first-order valence-corrected chi connectivity index (χ1v) is 12.5. The van der Waals surface area contributed by atoms with Crippen molar-refractivity contribution in [1.29, 1.82) is 5.26 Å². The Kier molecular flexibility index (Phi) is 30.7. The first-order chi connectivity index (χ1) is 17.2. The Balaban J connectivity index is -0.000000538. The second-order valence-corrected chi connectivity index (χ2v) is 9.15. The van der Waals surface area contributed by atoms with E-state index in [1.54, 1.807) is 0 Å². The number of rotatable bonds is 12. The number of ketones is 1. The quantitative estimate of drug-likeness (QED) is 0.253. The van der Waals surface area contributed by atoms with E-state index in [1.807, 2.05) is 32.8 Å². The van der Waals surface area contributed by atoms with Gasteiger partial charge in [0.1, 0.15) is 12.6 Å². The summed E-state index contributed by atoms with van der Waals surface area (Å²) >= 11 is 0. The fraction of sp³-hybridized carbons (Fsp3) is 0.690. The van der Waals surface area contributed by atoms with Crippen molar-refractivity contribution >= 4 is 24.9 Å². The highest BCUT2D eigenvalue weighted by molar-refractivity contribution is 5.86. The maximum Gasteiger partial charge on any atom is 0.226 e. The Bertz CT molecular complexity index is 697. The second kappa shape index (κ2) is 27.6. The lowest BCUT2D eigenvalue weighted by molar-refractivity contribution is -0.130. The van der Waals surface area contributed by atoms with Crippen molar-refractivity contribution in [2.45, 2.75) is 99.5 Å². The van der Waals surface area contributed by atoms with E-state index in [4.69, 9.17) is 10.1 Å². The molecule has 212 valence electrons. The van der Waals surface area contributed by atoms with Gasteiger partial charge in [-0.25, -0.2) is 0 Å². The summed E-state index contributed by atoms with van der Waals surface area (Å²) in [6, 6.07) is 1.93. The lowest BCUT2D eigenvalue weighted by atomic mass is 9.76. The molecule has 0 spiro atoms. The van der Waals surface area contributed by atoms with Gasteiger partial charge < -0.3 is 15.2 Å². The van der Waals surface area contributed by atoms with Gasteiger partial charge >= 0.3 is 0 Å². The number of carbonyl (C=O) groups excluding carboxylic acids is 4. The summed E-state index contributed by atoms with van der Waals surface area (Å²) in [5.74, 6) is 0.341. The second-order valence-electron chi connectivity index (χ2n) is 9.15. The number of hydrogen-bond donors (Lipinski definition) is 3. The molecule has 8 nitrogen and oxygen atoms in total. The third kappa shape index (κ3) is 22.0. The first-order valence-electron chi connectivity index (χ1n) is 12.5. The highest BCUT2D eigenvalue weighted by Crippen LogP contribution is 2.32. The number of allylic oxidation sites excluding steroid dienone is 2. The van der Waals surface area contributed by atoms with Crippen LogP contribution in [-0.4, -0.2) is 42.6 Å². The van der Waals surface area contributed by atoms with Gasteiger partial charge in [-0.05, 0) is 56.8 Å². The molecule has 1 aliphatic carbocycles. The maximum absolute atomic E-state index is 12.2. The summed E-state index contributed by atoms with van der Waals surface area (Å²) in [5.41, 5.74) is 1.12. The number of nitrogens with zero attached hydrogens (tertiary/aromatic N) is 1. The molecule has 1 saturated carbocycles. The van der Waals surface area contributed by atoms with Crippen LogP contribution in [-0.2, 0) is 19.2 Å². The fourth-order valence-electron chi connectivity index (χ4n) is 3.85. The van der Waals surface area contributed by atoms with E-state index in [2.05, 4.69) is 44.3 Å². The van der Waals surface area contributed by atoms with Crippen LogP contribution in [0.5, 0.6) is 0 Å². The van der Waals surface area contributed by atoms with Crippen LogP contribution in [0.3, 0.4) is 0 Å². The molecule has 0 aliphatic heterocycles. The molecule has 0 radical (unpaired) electrons. The summed E-state index contributed by atoms with van der Waals surface area (Å²) in [7, 11) is 0. The zero-order valence-electron chi connectivity index (χ0n) is 22.8. The van der Waals surface area contributed by atoms with Crippen LogP contribution in [0.25, 0.3) is 0 Å². The third-order valence-corrected chi connectivity index (χ3v) is 5.75. The standard InChI is InChI=1S/C22H38N2O4.C3H5N.C2H2.CH2O.CH4/c1-5-18(23-13-15(2)3)8-7-17(12-22(28)24-14-25)11-21(27)19-10-16(4)6-9-20(19)26;1-2-3-4;2*1-2;/h5,14-17,19,21,23,27H,6-13H2,1-4H3,(H,24,25,28);2H2,1H3;1-2H;1H2;1H4/b18-5-;;;;. The number of aliphatic hydroxyl groups excluding tert-OH is 1. The van der Waals surface area contributed by atoms with Crippen molar-refractivity contribution in [3.8, 4) is 18.9 Å². The van der Waals surface area contributed by atoms with Crippen LogP contribution in [0, 0.1) is 47.8 Å². The number of imide groups is 1. The maximum atomic E-state index is 12.2. The molecule has 0 heterocycles. The predicted molar refractivity (Wildman–Crippen MR) is 150 cm³/mol. The molecule has 4 unspecified atom stereocenters. The van der Waals surface area contributed by atoms with Crippen LogP contribution in [0.4, 0.5) is 0 Å². The SMILES string of the molecule is C.C#C.C/C=C(/CCC(CC(=O)NC=O)CC(O)C1CC(C)CCC1=O)NCC(C)C.C=O.CCC#N. The summed E-state index contributed by atoms with van der Waals surface area (Å²) in [4.78, 5) is 42.7. The summed E-state index contributed by atoms with van der Waals surface area (Å²) < 4.78 is 0. The van der Waals surface area contributed by atoms with Crippen molar-refractivity contribution in [3.63, 3.8) is 0 Å². The molecule has 1 fully saturated rings. The largest absolute Gasteiger partial charge is 0.392 e. The Hall–Kier alpha value is -2.97. The lowest BCUT2D eigenvalue weighted by Crippen LogP contribution is -2.35. The van der Waals surface area contributed by atoms with E-state index in [-0.39, 0.29) is 37.4 Å². The molecule has 1 aliphatic rings. The Labute approximate surface area is 225 Å². The smallest absolute Gasteiger partial charge is 0.226 e. The summed E-state index contributed by atoms with van der Waals surface area (Å²) in [6.45, 7) is 13.1. The van der Waals surface area contributed by atoms with Crippen molar-refractivity contribution < 1.29 is 24.3 Å². The molecule has 0 bridgehead atoms. The molecular weight excluding hydrogens is 470 g/mol. The summed E-state index contributed by atoms with van der Waals surface area (Å²) in [6.07, 6.45) is 14.5. The van der Waals surface area contributed by atoms with E-state index in [0.29, 0.717) is 50.4 Å². The fourth-order valence-corrected chi connectivity index (χ4v) is 3.85. The van der Waals surface area contributed by atoms with Gasteiger partial charge in [0.05, 0.1) is 12.2 Å². The Morgan fingerprint density at radius 3 is 2.35 bits per heavy atom. The number of nitriles is 1. The van der Waals surface area contributed by atoms with Crippen LogP contribution in [0.15, 0.2) is 11.8 Å². The molecule has 2 amide bonds. The van der Waals surface area contributed by atoms with Crippen LogP contribution in [0.1, 0.15) is 93.4 Å². The number of aliphatic hydroxyl groups is 1. The third-order valence-electron chi connectivity index (χ3n) is 5.75. The van der Waals surface area contributed by atoms with Crippen molar-refractivity contribution in [1.82, 2.24) is 10.6 Å². The Morgan fingerprint density at radius 2 is 1.89 bits per heavy atom. The van der Waals surface area contributed by atoms with E-state index in [0.717, 1.165) is 25.1 Å². The zero-order chi connectivity index (χ0) is 28.5. The van der Waals surface area contributed by atoms with Crippen LogP contribution in [0.2, 0.25) is 0 Å². The number of carbonyl (C=O) groups is 4. The van der Waals surface area contributed by atoms with Gasteiger partial charge in [0, 0.05) is 37.4 Å². The van der Waals surface area contributed by atoms with Crippen molar-refractivity contribution in [2.24, 2.45) is 23.7 Å². The predicted octanol–water partition coefficient (Wildman–Crippen LogP) is 4.57. The molecule has 0 saturated heterocycles. The highest BCUT2D eigenvalue weighted by Gasteiger charge is 2.33. The number of amides is 2. The molecule has 0 aromatic rings. The van der Waals surface area contributed by atoms with Crippen LogP contribution >= 0.6 is 0 Å². The first kappa shape index (κ1) is 41.2. The lowest BCUT2D eigenvalue weighted by Gasteiger charge is -2.31. The summed E-state index contributed by atoms with van der Waals surface area (Å²) in [5, 5.41) is 24.0. The minimum Gasteiger partial charge on any atom is -0.392 e. The molecule has 0 aromatic carbocycles. The van der Waals surface area contributed by atoms with Gasteiger partial charge in [-0.15, -0.1) is 12.8 Å². The normalized spacial score (nSPS) is 17.8. The van der Waals surface area contributed by atoms with E-state index >= 15 is 0 Å². The minimum absolute atomic E-state index is 0.